The molecule has 0 unspecified atom stereocenters. The first-order chi connectivity index (χ1) is 13.9. The van der Waals surface area contributed by atoms with Gasteiger partial charge in [-0.2, -0.15) is 5.10 Å². The second-order valence-electron chi connectivity index (χ2n) is 6.45. The molecule has 0 bridgehead atoms. The van der Waals surface area contributed by atoms with Crippen LogP contribution in [-0.4, -0.2) is 51.6 Å². The van der Waals surface area contributed by atoms with Gasteiger partial charge < -0.3 is 10.2 Å². The fraction of sp³-hybridized carbons (Fsp3) is 0.350. The molecule has 0 aliphatic rings. The van der Waals surface area contributed by atoms with Crippen LogP contribution in [0.2, 0.25) is 0 Å². The van der Waals surface area contributed by atoms with E-state index in [2.05, 4.69) is 20.3 Å². The van der Waals surface area contributed by atoms with Gasteiger partial charge in [-0.15, -0.1) is 0 Å². The van der Waals surface area contributed by atoms with E-state index in [9.17, 15) is 18.0 Å². The molecule has 3 aromatic rings. The zero-order chi connectivity index (χ0) is 21.0. The fourth-order valence-electron chi connectivity index (χ4n) is 3.03. The lowest BCUT2D eigenvalue weighted by Gasteiger charge is -2.17. The number of carbonyl (C=O) groups excluding carboxylic acids is 1. The Labute approximate surface area is 166 Å². The Bertz CT molecular complexity index is 984. The maximum absolute atomic E-state index is 13.6. The summed E-state index contributed by atoms with van der Waals surface area (Å²) in [6.45, 7) is 6.88. The molecule has 0 fully saturated rings. The maximum Gasteiger partial charge on any atom is 0.280 e. The SMILES string of the molecule is CCN(CC)CCNC(=O)c1cnn2c(C(F)F)cc(-c3ccc(F)cc3)nc12. The number of alkyl halides is 2. The van der Waals surface area contributed by atoms with Crippen LogP contribution in [0.3, 0.4) is 0 Å². The summed E-state index contributed by atoms with van der Waals surface area (Å²) in [6.07, 6.45) is -1.59. The highest BCUT2D eigenvalue weighted by Gasteiger charge is 2.21. The number of nitrogens with one attached hydrogen (secondary N) is 1. The molecule has 154 valence electrons. The van der Waals surface area contributed by atoms with E-state index in [4.69, 9.17) is 0 Å². The minimum atomic E-state index is -2.82. The monoisotopic (exact) mass is 405 g/mol. The van der Waals surface area contributed by atoms with Crippen LogP contribution in [0, 0.1) is 5.82 Å². The Balaban J connectivity index is 1.94. The Hall–Kier alpha value is -2.94. The van der Waals surface area contributed by atoms with Crippen molar-refractivity contribution in [3.8, 4) is 11.3 Å². The van der Waals surface area contributed by atoms with Crippen LogP contribution < -0.4 is 5.32 Å². The van der Waals surface area contributed by atoms with Crippen LogP contribution >= 0.6 is 0 Å². The summed E-state index contributed by atoms with van der Waals surface area (Å²) in [7, 11) is 0. The number of amides is 1. The zero-order valence-corrected chi connectivity index (χ0v) is 16.2. The molecule has 0 atom stereocenters. The minimum absolute atomic E-state index is 0.0301. The molecule has 0 aliphatic heterocycles. The molecule has 2 heterocycles. The van der Waals surface area contributed by atoms with Crippen LogP contribution in [0.5, 0.6) is 0 Å². The first-order valence-electron chi connectivity index (χ1n) is 9.37. The lowest BCUT2D eigenvalue weighted by atomic mass is 10.1. The van der Waals surface area contributed by atoms with Gasteiger partial charge in [0.05, 0.1) is 11.9 Å². The number of halogens is 3. The smallest absolute Gasteiger partial charge is 0.280 e. The molecule has 0 saturated carbocycles. The molecule has 9 heteroatoms. The quantitative estimate of drug-likeness (QED) is 0.623. The van der Waals surface area contributed by atoms with E-state index in [0.717, 1.165) is 17.6 Å². The average Bonchev–Trinajstić information content (AvgIpc) is 3.15. The zero-order valence-electron chi connectivity index (χ0n) is 16.2. The Kier molecular flexibility index (Phi) is 6.48. The number of carbonyl (C=O) groups is 1. The van der Waals surface area contributed by atoms with Gasteiger partial charge in [-0.3, -0.25) is 4.79 Å². The van der Waals surface area contributed by atoms with Gasteiger partial charge in [0, 0.05) is 18.7 Å². The van der Waals surface area contributed by atoms with Crippen LogP contribution in [0.1, 0.15) is 36.3 Å². The second-order valence-corrected chi connectivity index (χ2v) is 6.45. The van der Waals surface area contributed by atoms with Crippen molar-refractivity contribution in [1.29, 1.82) is 0 Å². The van der Waals surface area contributed by atoms with E-state index in [1.807, 2.05) is 13.8 Å². The number of likely N-dealkylation sites (N-methyl/N-ethyl adjacent to an activating group) is 1. The molecule has 0 spiro atoms. The van der Waals surface area contributed by atoms with Crippen LogP contribution in [0.4, 0.5) is 13.2 Å². The number of fused-ring (bicyclic) bond motifs is 1. The lowest BCUT2D eigenvalue weighted by molar-refractivity contribution is 0.0950. The van der Waals surface area contributed by atoms with Gasteiger partial charge in [0.2, 0.25) is 0 Å². The number of hydrogen-bond donors (Lipinski definition) is 1. The molecule has 1 aromatic carbocycles. The molecule has 29 heavy (non-hydrogen) atoms. The van der Waals surface area contributed by atoms with Gasteiger partial charge in [0.1, 0.15) is 17.1 Å². The maximum atomic E-state index is 13.6. The van der Waals surface area contributed by atoms with Gasteiger partial charge in [-0.1, -0.05) is 13.8 Å². The van der Waals surface area contributed by atoms with Crippen LogP contribution in [0.15, 0.2) is 36.5 Å². The Morgan fingerprint density at radius 3 is 2.52 bits per heavy atom. The van der Waals surface area contributed by atoms with Crippen molar-refractivity contribution in [2.45, 2.75) is 20.3 Å². The molecule has 3 rings (SSSR count). The predicted octanol–water partition coefficient (Wildman–Crippen LogP) is 3.54. The molecule has 2 aromatic heterocycles. The van der Waals surface area contributed by atoms with Gasteiger partial charge in [0.25, 0.3) is 12.3 Å². The number of hydrogen-bond acceptors (Lipinski definition) is 4. The highest BCUT2D eigenvalue weighted by atomic mass is 19.3. The van der Waals surface area contributed by atoms with Gasteiger partial charge in [0.15, 0.2) is 5.65 Å². The van der Waals surface area contributed by atoms with Crippen molar-refractivity contribution < 1.29 is 18.0 Å². The van der Waals surface area contributed by atoms with E-state index in [0.29, 0.717) is 18.7 Å². The van der Waals surface area contributed by atoms with E-state index in [1.54, 1.807) is 0 Å². The number of benzene rings is 1. The van der Waals surface area contributed by atoms with Gasteiger partial charge >= 0.3 is 0 Å². The number of rotatable bonds is 8. The molecule has 0 radical (unpaired) electrons. The minimum Gasteiger partial charge on any atom is -0.351 e. The Morgan fingerprint density at radius 1 is 1.21 bits per heavy atom. The molecule has 1 N–H and O–H groups in total. The van der Waals surface area contributed by atoms with Crippen molar-refractivity contribution in [3.05, 3.63) is 53.6 Å². The van der Waals surface area contributed by atoms with Gasteiger partial charge in [-0.25, -0.2) is 22.7 Å². The molecular formula is C20H22F3N5O. The average molecular weight is 405 g/mol. The third kappa shape index (κ3) is 4.56. The third-order valence-corrected chi connectivity index (χ3v) is 4.72. The first kappa shape index (κ1) is 20.8. The van der Waals surface area contributed by atoms with Crippen LogP contribution in [-0.2, 0) is 0 Å². The van der Waals surface area contributed by atoms with Crippen molar-refractivity contribution in [2.24, 2.45) is 0 Å². The van der Waals surface area contributed by atoms with E-state index >= 15 is 0 Å². The largest absolute Gasteiger partial charge is 0.351 e. The standard InChI is InChI=1S/C20H22F3N5O/c1-3-27(4-2)10-9-24-20(29)15-12-25-28-17(18(22)23)11-16(26-19(15)28)13-5-7-14(21)8-6-13/h5-8,11-12,18H,3-4,9-10H2,1-2H3,(H,24,29). The van der Waals surface area contributed by atoms with E-state index < -0.39 is 23.8 Å². The number of aromatic nitrogens is 3. The fourth-order valence-corrected chi connectivity index (χ4v) is 3.03. The molecular weight excluding hydrogens is 383 g/mol. The normalized spacial score (nSPS) is 11.6. The molecule has 0 aliphatic carbocycles. The first-order valence-corrected chi connectivity index (χ1v) is 9.37. The predicted molar refractivity (Wildman–Crippen MR) is 103 cm³/mol. The number of nitrogens with zero attached hydrogens (tertiary/aromatic N) is 4. The van der Waals surface area contributed by atoms with Gasteiger partial charge in [-0.05, 0) is 43.4 Å². The summed E-state index contributed by atoms with van der Waals surface area (Å²) < 4.78 is 41.3. The second kappa shape index (κ2) is 9.04. The summed E-state index contributed by atoms with van der Waals surface area (Å²) in [5.41, 5.74) is 0.421. The van der Waals surface area contributed by atoms with Crippen molar-refractivity contribution in [2.75, 3.05) is 26.2 Å². The molecule has 1 amide bonds. The topological polar surface area (TPSA) is 62.5 Å². The molecule has 6 nitrogen and oxygen atoms in total. The summed E-state index contributed by atoms with van der Waals surface area (Å²) in [5, 5.41) is 6.71. The molecule has 0 saturated heterocycles. The van der Waals surface area contributed by atoms with E-state index in [1.165, 1.54) is 36.5 Å². The lowest BCUT2D eigenvalue weighted by Crippen LogP contribution is -2.34. The highest BCUT2D eigenvalue weighted by Crippen LogP contribution is 2.26. The summed E-state index contributed by atoms with van der Waals surface area (Å²) in [5.74, 6) is -0.877. The summed E-state index contributed by atoms with van der Waals surface area (Å²) in [6, 6.07) is 6.54. The highest BCUT2D eigenvalue weighted by molar-refractivity contribution is 5.99. The van der Waals surface area contributed by atoms with E-state index in [-0.39, 0.29) is 16.9 Å². The van der Waals surface area contributed by atoms with Crippen molar-refractivity contribution in [3.63, 3.8) is 0 Å². The summed E-state index contributed by atoms with van der Waals surface area (Å²) in [4.78, 5) is 19.1. The summed E-state index contributed by atoms with van der Waals surface area (Å²) >= 11 is 0. The van der Waals surface area contributed by atoms with Crippen molar-refractivity contribution >= 4 is 11.6 Å². The Morgan fingerprint density at radius 2 is 1.90 bits per heavy atom. The van der Waals surface area contributed by atoms with Crippen molar-refractivity contribution in [1.82, 2.24) is 24.8 Å². The third-order valence-electron chi connectivity index (χ3n) is 4.72. The van der Waals surface area contributed by atoms with Crippen LogP contribution in [0.25, 0.3) is 16.9 Å².